The summed E-state index contributed by atoms with van der Waals surface area (Å²) in [6, 6.07) is 6.03. The normalized spacial score (nSPS) is 17.4. The maximum absolute atomic E-state index is 5.49. The SMILES string of the molecule is Cc1noc([C@@H](NCc2cnc3ccccn23)C2CCOCC2)n1. The van der Waals surface area contributed by atoms with Gasteiger partial charge in [-0.1, -0.05) is 11.2 Å². The molecule has 0 radical (unpaired) electrons. The van der Waals surface area contributed by atoms with E-state index in [9.17, 15) is 0 Å². The van der Waals surface area contributed by atoms with Crippen LogP contribution in [-0.2, 0) is 11.3 Å². The highest BCUT2D eigenvalue weighted by Crippen LogP contribution is 2.29. The highest BCUT2D eigenvalue weighted by atomic mass is 16.5. The van der Waals surface area contributed by atoms with Crippen molar-refractivity contribution in [3.63, 3.8) is 0 Å². The molecule has 7 heteroatoms. The summed E-state index contributed by atoms with van der Waals surface area (Å²) in [5.41, 5.74) is 2.06. The number of aromatic nitrogens is 4. The van der Waals surface area contributed by atoms with Crippen LogP contribution in [0.5, 0.6) is 0 Å². The largest absolute Gasteiger partial charge is 0.381 e. The molecule has 1 atom stereocenters. The summed E-state index contributed by atoms with van der Waals surface area (Å²) in [6.07, 6.45) is 5.92. The van der Waals surface area contributed by atoms with Gasteiger partial charge in [-0.25, -0.2) is 4.98 Å². The van der Waals surface area contributed by atoms with Crippen molar-refractivity contribution in [2.45, 2.75) is 32.4 Å². The molecular weight excluding hydrogens is 306 g/mol. The van der Waals surface area contributed by atoms with Gasteiger partial charge in [0, 0.05) is 26.0 Å². The molecule has 1 aliphatic rings. The number of pyridine rings is 1. The van der Waals surface area contributed by atoms with E-state index in [4.69, 9.17) is 9.26 Å². The molecule has 0 bridgehead atoms. The Morgan fingerprint density at radius 1 is 1.33 bits per heavy atom. The van der Waals surface area contributed by atoms with Gasteiger partial charge in [-0.05, 0) is 37.8 Å². The summed E-state index contributed by atoms with van der Waals surface area (Å²) in [7, 11) is 0. The molecule has 0 saturated carbocycles. The van der Waals surface area contributed by atoms with Gasteiger partial charge in [0.25, 0.3) is 0 Å². The smallest absolute Gasteiger partial charge is 0.244 e. The monoisotopic (exact) mass is 327 g/mol. The van der Waals surface area contributed by atoms with E-state index >= 15 is 0 Å². The first-order chi connectivity index (χ1) is 11.8. The number of hydrogen-bond acceptors (Lipinski definition) is 6. The lowest BCUT2D eigenvalue weighted by atomic mass is 9.91. The predicted octanol–water partition coefficient (Wildman–Crippen LogP) is 2.28. The molecule has 0 amide bonds. The van der Waals surface area contributed by atoms with Gasteiger partial charge < -0.3 is 13.7 Å². The summed E-state index contributed by atoms with van der Waals surface area (Å²) in [5.74, 6) is 1.75. The predicted molar refractivity (Wildman–Crippen MR) is 87.4 cm³/mol. The molecule has 1 saturated heterocycles. The summed E-state index contributed by atoms with van der Waals surface area (Å²) >= 11 is 0. The molecule has 4 heterocycles. The molecule has 4 rings (SSSR count). The minimum Gasteiger partial charge on any atom is -0.381 e. The molecule has 3 aromatic heterocycles. The zero-order chi connectivity index (χ0) is 16.4. The summed E-state index contributed by atoms with van der Waals surface area (Å²) in [6.45, 7) is 4.10. The van der Waals surface area contributed by atoms with Gasteiger partial charge in [0.05, 0.1) is 17.9 Å². The summed E-state index contributed by atoms with van der Waals surface area (Å²) in [5, 5.41) is 7.55. The third kappa shape index (κ3) is 3.05. The molecule has 0 unspecified atom stereocenters. The number of rotatable bonds is 5. The Balaban J connectivity index is 1.55. The molecule has 0 aromatic carbocycles. The Bertz CT molecular complexity index is 806. The molecule has 0 aliphatic carbocycles. The quantitative estimate of drug-likeness (QED) is 0.775. The van der Waals surface area contributed by atoms with Crippen LogP contribution in [0.1, 0.15) is 36.3 Å². The second-order valence-electron chi connectivity index (χ2n) is 6.17. The number of nitrogens with one attached hydrogen (secondary N) is 1. The molecule has 1 N–H and O–H groups in total. The Hall–Kier alpha value is -2.25. The average molecular weight is 327 g/mol. The fourth-order valence-corrected chi connectivity index (χ4v) is 3.27. The second kappa shape index (κ2) is 6.70. The summed E-state index contributed by atoms with van der Waals surface area (Å²) < 4.78 is 13.0. The van der Waals surface area contributed by atoms with Gasteiger partial charge in [-0.3, -0.25) is 5.32 Å². The van der Waals surface area contributed by atoms with Gasteiger partial charge in [0.1, 0.15) is 5.65 Å². The van der Waals surface area contributed by atoms with Crippen molar-refractivity contribution in [1.82, 2.24) is 24.8 Å². The topological polar surface area (TPSA) is 77.5 Å². The first kappa shape index (κ1) is 15.3. The zero-order valence-electron chi connectivity index (χ0n) is 13.7. The van der Waals surface area contributed by atoms with E-state index < -0.39 is 0 Å². The Morgan fingerprint density at radius 2 is 2.21 bits per heavy atom. The third-order valence-corrected chi connectivity index (χ3v) is 4.54. The van der Waals surface area contributed by atoms with E-state index in [-0.39, 0.29) is 6.04 Å². The molecule has 0 spiro atoms. The van der Waals surface area contributed by atoms with Crippen LogP contribution in [-0.4, -0.2) is 32.7 Å². The van der Waals surface area contributed by atoms with E-state index in [1.165, 1.54) is 0 Å². The van der Waals surface area contributed by atoms with Crippen molar-refractivity contribution in [2.75, 3.05) is 13.2 Å². The zero-order valence-corrected chi connectivity index (χ0v) is 13.7. The minimum absolute atomic E-state index is 0.0318. The highest BCUT2D eigenvalue weighted by molar-refractivity contribution is 5.39. The van der Waals surface area contributed by atoms with Gasteiger partial charge in [-0.2, -0.15) is 4.98 Å². The lowest BCUT2D eigenvalue weighted by Gasteiger charge is -2.28. The van der Waals surface area contributed by atoms with Crippen molar-refractivity contribution >= 4 is 5.65 Å². The van der Waals surface area contributed by atoms with Crippen LogP contribution < -0.4 is 5.32 Å². The van der Waals surface area contributed by atoms with Crippen molar-refractivity contribution in [3.05, 3.63) is 48.0 Å². The fraction of sp³-hybridized carbons (Fsp3) is 0.471. The van der Waals surface area contributed by atoms with Crippen LogP contribution in [0.15, 0.2) is 35.1 Å². The van der Waals surface area contributed by atoms with Crippen LogP contribution in [0.3, 0.4) is 0 Å². The fourth-order valence-electron chi connectivity index (χ4n) is 3.27. The maximum Gasteiger partial charge on any atom is 0.244 e. The van der Waals surface area contributed by atoms with E-state index in [1.54, 1.807) is 0 Å². The van der Waals surface area contributed by atoms with Crippen LogP contribution in [0.25, 0.3) is 5.65 Å². The Kier molecular flexibility index (Phi) is 4.27. The average Bonchev–Trinajstić information content (AvgIpc) is 3.23. The molecular formula is C17H21N5O2. The van der Waals surface area contributed by atoms with E-state index in [1.807, 2.05) is 37.5 Å². The number of fused-ring (bicyclic) bond motifs is 1. The van der Waals surface area contributed by atoms with Crippen molar-refractivity contribution < 1.29 is 9.26 Å². The van der Waals surface area contributed by atoms with Crippen LogP contribution in [0.4, 0.5) is 0 Å². The number of hydrogen-bond donors (Lipinski definition) is 1. The summed E-state index contributed by atoms with van der Waals surface area (Å²) in [4.78, 5) is 8.88. The van der Waals surface area contributed by atoms with E-state index in [0.29, 0.717) is 24.2 Å². The Morgan fingerprint density at radius 3 is 3.00 bits per heavy atom. The second-order valence-corrected chi connectivity index (χ2v) is 6.17. The molecule has 7 nitrogen and oxygen atoms in total. The highest BCUT2D eigenvalue weighted by Gasteiger charge is 2.29. The molecule has 24 heavy (non-hydrogen) atoms. The number of imidazole rings is 1. The molecule has 126 valence electrons. The van der Waals surface area contributed by atoms with Crippen LogP contribution in [0.2, 0.25) is 0 Å². The van der Waals surface area contributed by atoms with Crippen molar-refractivity contribution in [2.24, 2.45) is 5.92 Å². The lowest BCUT2D eigenvalue weighted by molar-refractivity contribution is 0.0485. The maximum atomic E-state index is 5.49. The van der Waals surface area contributed by atoms with Gasteiger partial charge in [-0.15, -0.1) is 0 Å². The molecule has 1 aliphatic heterocycles. The molecule has 1 fully saturated rings. The van der Waals surface area contributed by atoms with Gasteiger partial charge in [0.2, 0.25) is 5.89 Å². The van der Waals surface area contributed by atoms with Gasteiger partial charge in [0.15, 0.2) is 5.82 Å². The van der Waals surface area contributed by atoms with E-state index in [0.717, 1.165) is 37.4 Å². The third-order valence-electron chi connectivity index (χ3n) is 4.54. The standard InChI is InChI=1S/C17H21N5O2/c1-12-20-17(24-21-12)16(13-5-8-23-9-6-13)19-11-14-10-18-15-4-2-3-7-22(14)15/h2-4,7,10,13,16,19H,5-6,8-9,11H2,1H3/t16-/m0/s1. The minimum atomic E-state index is 0.0318. The first-order valence-corrected chi connectivity index (χ1v) is 8.33. The molecule has 3 aromatic rings. The van der Waals surface area contributed by atoms with Crippen LogP contribution in [0, 0.1) is 12.8 Å². The Labute approximate surface area is 140 Å². The number of nitrogens with zero attached hydrogens (tertiary/aromatic N) is 4. The number of ether oxygens (including phenoxy) is 1. The van der Waals surface area contributed by atoms with Crippen LogP contribution >= 0.6 is 0 Å². The van der Waals surface area contributed by atoms with Crippen molar-refractivity contribution in [1.29, 1.82) is 0 Å². The number of aryl methyl sites for hydroxylation is 1. The van der Waals surface area contributed by atoms with Gasteiger partial charge >= 0.3 is 0 Å². The first-order valence-electron chi connectivity index (χ1n) is 8.33. The van der Waals surface area contributed by atoms with Crippen molar-refractivity contribution in [3.8, 4) is 0 Å². The lowest BCUT2D eigenvalue weighted by Crippen LogP contribution is -2.32. The van der Waals surface area contributed by atoms with E-state index in [2.05, 4.69) is 24.8 Å².